The van der Waals surface area contributed by atoms with Crippen molar-refractivity contribution in [3.05, 3.63) is 172 Å². The molecule has 4 heteroatoms. The molecular weight excluding hydrogens is 992 g/mol. The summed E-state index contributed by atoms with van der Waals surface area (Å²) >= 11 is 0. The fourth-order valence-corrected chi connectivity index (χ4v) is 13.7. The molecule has 2 aliphatic heterocycles. The molecule has 1 aliphatic carbocycles. The van der Waals surface area contributed by atoms with Gasteiger partial charge < -0.3 is 14.2 Å². The number of hydrogen-bond acceptors (Lipinski definition) is 3. The summed E-state index contributed by atoms with van der Waals surface area (Å²) in [6.07, 6.45) is 5.59. The van der Waals surface area contributed by atoms with Crippen molar-refractivity contribution >= 4 is 68.4 Å². The first kappa shape index (κ1) is 47.1. The second-order valence-corrected chi connectivity index (χ2v) is 30.7. The minimum atomic E-state index is -3.58. The smallest absolute Gasteiger partial charge is 0.297 e. The van der Waals surface area contributed by atoms with Crippen LogP contribution in [0.4, 0.5) is 34.1 Å². The molecule has 1 fully saturated rings. The maximum atomic E-state index is 9.44. The van der Waals surface area contributed by atoms with Gasteiger partial charge in [-0.2, -0.15) is 0 Å². The van der Waals surface area contributed by atoms with Crippen LogP contribution in [0.25, 0.3) is 33.2 Å². The van der Waals surface area contributed by atoms with E-state index in [1.807, 2.05) is 0 Å². The molecule has 1 saturated carbocycles. The van der Waals surface area contributed by atoms with Crippen molar-refractivity contribution in [1.29, 1.82) is 0 Å². The summed E-state index contributed by atoms with van der Waals surface area (Å²) in [6.45, 7) is 28.8. The van der Waals surface area contributed by atoms with Crippen molar-refractivity contribution in [2.45, 2.75) is 221 Å². The molecule has 11 rings (SSSR count). The van der Waals surface area contributed by atoms with E-state index in [9.17, 15) is 12.3 Å². The minimum absolute atomic E-state index is 0.0852. The second kappa shape index (κ2) is 19.7. The van der Waals surface area contributed by atoms with Gasteiger partial charge in [-0.15, -0.1) is 0 Å². The highest BCUT2D eigenvalue weighted by molar-refractivity contribution is 7.00. The molecule has 0 atom stereocenters. The van der Waals surface area contributed by atoms with Crippen LogP contribution in [0.2, 0.25) is 0 Å². The Balaban J connectivity index is 1.35. The maximum Gasteiger partial charge on any atom is 0.297 e. The van der Waals surface area contributed by atoms with E-state index in [1.165, 1.54) is 23.1 Å². The number of fused-ring (bicyclic) bond motifs is 6. The molecule has 1 aromatic heterocycles. The number of nitrogens with zero attached hydrogens (tertiary/aromatic N) is 2. The van der Waals surface area contributed by atoms with Gasteiger partial charge >= 0.3 is 0 Å². The number of furan rings is 1. The number of benzene rings is 7. The second-order valence-electron chi connectivity index (χ2n) is 30.7. The van der Waals surface area contributed by atoms with Crippen LogP contribution >= 0.6 is 0 Å². The summed E-state index contributed by atoms with van der Waals surface area (Å²) in [5, 5.41) is 0.826. The van der Waals surface area contributed by atoms with E-state index < -0.39 is 32.7 Å². The Labute approximate surface area is 508 Å². The van der Waals surface area contributed by atoms with Gasteiger partial charge in [-0.25, -0.2) is 0 Å². The number of anilines is 6. The lowest BCUT2D eigenvalue weighted by Crippen LogP contribution is -2.61. The van der Waals surface area contributed by atoms with Crippen LogP contribution in [0.1, 0.15) is 240 Å². The van der Waals surface area contributed by atoms with Crippen molar-refractivity contribution in [3.63, 3.8) is 0 Å². The molecule has 7 aromatic carbocycles. The lowest BCUT2D eigenvalue weighted by Gasteiger charge is -2.45. The molecule has 0 N–H and O–H groups in total. The normalized spacial score (nSPS) is 17.6. The molecular formula is C78H95BN2O. The van der Waals surface area contributed by atoms with Gasteiger partial charge in [-0.05, 0) is 183 Å². The van der Waals surface area contributed by atoms with Crippen LogP contribution in [-0.2, 0) is 37.9 Å². The Morgan fingerprint density at radius 2 is 1.00 bits per heavy atom. The highest BCUT2D eigenvalue weighted by atomic mass is 16.3. The molecule has 426 valence electrons. The molecule has 3 heterocycles. The zero-order valence-electron chi connectivity index (χ0n) is 61.6. The third-order valence-corrected chi connectivity index (χ3v) is 18.2. The Morgan fingerprint density at radius 3 is 1.61 bits per heavy atom. The van der Waals surface area contributed by atoms with Crippen LogP contribution in [0.3, 0.4) is 0 Å². The fourth-order valence-electron chi connectivity index (χ4n) is 13.7. The van der Waals surface area contributed by atoms with Gasteiger partial charge in [0.15, 0.2) is 0 Å². The summed E-state index contributed by atoms with van der Waals surface area (Å²) in [5.41, 5.74) is 14.1. The lowest BCUT2D eigenvalue weighted by molar-refractivity contribution is 0.444. The van der Waals surface area contributed by atoms with Gasteiger partial charge in [0, 0.05) is 46.0 Å². The molecule has 8 aromatic rings. The maximum absolute atomic E-state index is 9.44. The fraction of sp³-hybridized carbons (Fsp3) is 0.436. The molecule has 3 aliphatic rings. The van der Waals surface area contributed by atoms with E-state index >= 15 is 0 Å². The summed E-state index contributed by atoms with van der Waals surface area (Å²) in [5.74, 6) is 0.311. The predicted molar refractivity (Wildman–Crippen MR) is 358 cm³/mol. The van der Waals surface area contributed by atoms with E-state index in [4.69, 9.17) is 4.42 Å². The average Bonchev–Trinajstić information content (AvgIpc) is 1.67. The molecule has 3 nitrogen and oxygen atoms in total. The van der Waals surface area contributed by atoms with Gasteiger partial charge in [0.05, 0.1) is 17.0 Å². The van der Waals surface area contributed by atoms with Gasteiger partial charge in [-0.1, -0.05) is 237 Å². The van der Waals surface area contributed by atoms with E-state index in [0.717, 1.165) is 109 Å². The van der Waals surface area contributed by atoms with Crippen LogP contribution in [-0.4, -0.2) is 6.71 Å². The SMILES string of the molecule is [2H]C([2H])([2H])C(c1cc2c3c(c1)N(c1ccc(C(C)(C)C)cc1-c1ccccc1C1CCCCC1)c1c(oc4ccc(C(C)(C)C)cc14)B3c1cc(C(C)(C)C)c(C(C)(C)C)cc1N2c1ccc(-c2ccc(C(C)(C)C)c(C(C)(C)C)c2)cc1)(C([2H])([2H])[2H])C([2H])([2H])[2H]. The quantitative estimate of drug-likeness (QED) is 0.160. The van der Waals surface area contributed by atoms with E-state index in [1.54, 1.807) is 12.1 Å². The Morgan fingerprint density at radius 1 is 0.439 bits per heavy atom. The zero-order chi connectivity index (χ0) is 66.7. The third-order valence-electron chi connectivity index (χ3n) is 18.2. The van der Waals surface area contributed by atoms with Crippen LogP contribution in [0.5, 0.6) is 0 Å². The average molecular weight is 1100 g/mol. The van der Waals surface area contributed by atoms with Gasteiger partial charge in [0.2, 0.25) is 0 Å². The van der Waals surface area contributed by atoms with Gasteiger partial charge in [0.25, 0.3) is 6.71 Å². The van der Waals surface area contributed by atoms with Crippen LogP contribution in [0, 0.1) is 0 Å². The molecule has 0 unspecified atom stereocenters. The first-order valence-corrected chi connectivity index (χ1v) is 30.4. The third kappa shape index (κ3) is 10.2. The van der Waals surface area contributed by atoms with Crippen molar-refractivity contribution in [3.8, 4) is 22.3 Å². The number of hydrogen-bond donors (Lipinski definition) is 0. The summed E-state index contributed by atoms with van der Waals surface area (Å²) in [4.78, 5) is 4.35. The van der Waals surface area contributed by atoms with Crippen molar-refractivity contribution in [2.24, 2.45) is 0 Å². The van der Waals surface area contributed by atoms with Crippen molar-refractivity contribution in [2.75, 3.05) is 9.80 Å². The van der Waals surface area contributed by atoms with Gasteiger partial charge in [-0.3, -0.25) is 0 Å². The molecule has 0 radical (unpaired) electrons. The molecule has 0 bridgehead atoms. The van der Waals surface area contributed by atoms with Crippen LogP contribution < -0.4 is 26.4 Å². The van der Waals surface area contributed by atoms with E-state index in [2.05, 4.69) is 250 Å². The molecule has 0 saturated heterocycles. The zero-order valence-corrected chi connectivity index (χ0v) is 52.6. The lowest BCUT2D eigenvalue weighted by atomic mass is 9.35. The highest BCUT2D eigenvalue weighted by Gasteiger charge is 2.49. The highest BCUT2D eigenvalue weighted by Crippen LogP contribution is 2.53. The molecule has 0 amide bonds. The minimum Gasteiger partial charge on any atom is -0.468 e. The first-order chi connectivity index (χ1) is 41.9. The Kier molecular flexibility index (Phi) is 11.3. The molecule has 0 spiro atoms. The van der Waals surface area contributed by atoms with Crippen molar-refractivity contribution < 1.29 is 16.8 Å². The topological polar surface area (TPSA) is 19.6 Å². The van der Waals surface area contributed by atoms with Crippen molar-refractivity contribution in [1.82, 2.24) is 0 Å². The Bertz CT molecular complexity index is 4100. The van der Waals surface area contributed by atoms with Crippen LogP contribution in [0.15, 0.2) is 132 Å². The van der Waals surface area contributed by atoms with E-state index in [0.29, 0.717) is 28.5 Å². The monoisotopic (exact) mass is 1100 g/mol. The van der Waals surface area contributed by atoms with E-state index in [-0.39, 0.29) is 38.1 Å². The molecule has 82 heavy (non-hydrogen) atoms. The van der Waals surface area contributed by atoms with Gasteiger partial charge in [0.1, 0.15) is 5.58 Å². The summed E-state index contributed by atoms with van der Waals surface area (Å²) < 4.78 is 92.5. The first-order valence-electron chi connectivity index (χ1n) is 34.9. The largest absolute Gasteiger partial charge is 0.468 e. The predicted octanol–water partition coefficient (Wildman–Crippen LogP) is 21.0. The summed E-state index contributed by atoms with van der Waals surface area (Å²) in [7, 11) is 0. The Hall–Kier alpha value is -6.26. The summed E-state index contributed by atoms with van der Waals surface area (Å²) in [6, 6.07) is 45.0. The number of rotatable bonds is 5. The standard InChI is InChI=1S/C78H95BN2O/c1-72(2,3)51-34-39-64(57(42-51)56-30-26-25-29-55(56)49-27-23-22-24-28-49)81-67-45-53(74(7,8)9)44-66-69(67)79(71-70(81)58-43-52(73(4,5)6)35-40-68(58)82-71)63-46-61(77(16,17)18)62(78(19,20)21)47-65(63)80(66)54-36-31-48(32-37-54)50-33-38-59(75(10,11)12)60(41-50)76(13,14)15/h25-26,29-47,49H,22-24,27-28H2,1-21H3/i7D3,8D3,9D3.